The molecule has 1 fully saturated rings. The third-order valence-electron chi connectivity index (χ3n) is 3.66. The van der Waals surface area contributed by atoms with Crippen molar-refractivity contribution in [3.63, 3.8) is 0 Å². The molecule has 0 aromatic heterocycles. The van der Waals surface area contributed by atoms with Gasteiger partial charge in [-0.05, 0) is 24.0 Å². The zero-order chi connectivity index (χ0) is 15.3. The van der Waals surface area contributed by atoms with Crippen molar-refractivity contribution in [2.75, 3.05) is 6.26 Å². The van der Waals surface area contributed by atoms with Gasteiger partial charge >= 0.3 is 0 Å². The van der Waals surface area contributed by atoms with Gasteiger partial charge in [-0.2, -0.15) is 0 Å². The van der Waals surface area contributed by atoms with E-state index in [0.29, 0.717) is 18.5 Å². The van der Waals surface area contributed by atoms with E-state index >= 15 is 0 Å². The van der Waals surface area contributed by atoms with Crippen LogP contribution >= 0.6 is 24.0 Å². The molecule has 0 aliphatic heterocycles. The Morgan fingerprint density at radius 2 is 1.86 bits per heavy atom. The second-order valence-electron chi connectivity index (χ2n) is 5.67. The van der Waals surface area contributed by atoms with E-state index in [1.165, 1.54) is 19.1 Å². The average molecular weight is 437 g/mol. The molecule has 0 unspecified atom stereocenters. The van der Waals surface area contributed by atoms with Gasteiger partial charge < -0.3 is 11.1 Å². The first-order chi connectivity index (χ1) is 9.94. The Kier molecular flexibility index (Phi) is 7.61. The molecule has 0 radical (unpaired) electrons. The van der Waals surface area contributed by atoms with Gasteiger partial charge in [-0.15, -0.1) is 24.0 Å². The molecule has 1 aromatic carbocycles. The van der Waals surface area contributed by atoms with Crippen molar-refractivity contribution in [1.29, 1.82) is 0 Å². The van der Waals surface area contributed by atoms with Crippen molar-refractivity contribution in [2.24, 2.45) is 10.7 Å². The van der Waals surface area contributed by atoms with E-state index in [-0.39, 0.29) is 29.7 Å². The van der Waals surface area contributed by atoms with Crippen molar-refractivity contribution in [3.05, 3.63) is 35.4 Å². The van der Waals surface area contributed by atoms with Gasteiger partial charge in [0, 0.05) is 12.3 Å². The predicted molar refractivity (Wildman–Crippen MR) is 101 cm³/mol. The summed E-state index contributed by atoms with van der Waals surface area (Å²) in [5.41, 5.74) is 7.59. The van der Waals surface area contributed by atoms with E-state index in [4.69, 9.17) is 5.73 Å². The second-order valence-corrected chi connectivity index (χ2v) is 7.81. The summed E-state index contributed by atoms with van der Waals surface area (Å²) in [4.78, 5) is 4.34. The highest BCUT2D eigenvalue weighted by atomic mass is 127. The topological polar surface area (TPSA) is 84.5 Å². The van der Waals surface area contributed by atoms with Crippen LogP contribution in [0.25, 0.3) is 0 Å². The van der Waals surface area contributed by atoms with Crippen LogP contribution in [0.1, 0.15) is 36.8 Å². The van der Waals surface area contributed by atoms with E-state index in [0.717, 1.165) is 24.0 Å². The van der Waals surface area contributed by atoms with E-state index in [1.807, 2.05) is 24.3 Å². The highest BCUT2D eigenvalue weighted by Crippen LogP contribution is 2.17. The second kappa shape index (κ2) is 8.71. The summed E-state index contributed by atoms with van der Waals surface area (Å²) in [6.45, 7) is 0.400. The number of halogens is 1. The van der Waals surface area contributed by atoms with Crippen molar-refractivity contribution < 1.29 is 8.42 Å². The quantitative estimate of drug-likeness (QED) is 0.420. The predicted octanol–water partition coefficient (Wildman–Crippen LogP) is 2.20. The number of hydrogen-bond donors (Lipinski definition) is 2. The molecule has 0 atom stereocenters. The Labute approximate surface area is 149 Å². The summed E-state index contributed by atoms with van der Waals surface area (Å²) >= 11 is 0. The first-order valence-electron chi connectivity index (χ1n) is 7.25. The van der Waals surface area contributed by atoms with Crippen LogP contribution in [0.2, 0.25) is 0 Å². The Balaban J connectivity index is 0.00000242. The smallest absolute Gasteiger partial charge is 0.189 e. The summed E-state index contributed by atoms with van der Waals surface area (Å²) in [5, 5.41) is 3.23. The molecule has 124 valence electrons. The Bertz CT molecular complexity index is 611. The van der Waals surface area contributed by atoms with Crippen LogP contribution in [0.3, 0.4) is 0 Å². The lowest BCUT2D eigenvalue weighted by Gasteiger charge is -2.12. The first kappa shape index (κ1) is 19.2. The molecule has 7 heteroatoms. The number of rotatable bonds is 5. The molecular weight excluding hydrogens is 413 g/mol. The van der Waals surface area contributed by atoms with Crippen LogP contribution in [0.15, 0.2) is 29.3 Å². The number of benzene rings is 1. The minimum absolute atomic E-state index is 0. The van der Waals surface area contributed by atoms with Gasteiger partial charge in [-0.1, -0.05) is 37.1 Å². The highest BCUT2D eigenvalue weighted by Gasteiger charge is 2.15. The summed E-state index contributed by atoms with van der Waals surface area (Å²) in [7, 11) is -3.05. The minimum Gasteiger partial charge on any atom is -0.370 e. The average Bonchev–Trinajstić information content (AvgIpc) is 2.89. The standard InChI is InChI=1S/C15H23N3O2S.HI/c1-21(19,20)11-13-7-3-2-6-12(13)10-17-15(16)18-14-8-4-5-9-14;/h2-3,6-7,14H,4-5,8-11H2,1H3,(H3,16,17,18);1H. The highest BCUT2D eigenvalue weighted by molar-refractivity contribution is 14.0. The third-order valence-corrected chi connectivity index (χ3v) is 4.50. The summed E-state index contributed by atoms with van der Waals surface area (Å²) in [6.07, 6.45) is 6.00. The maximum Gasteiger partial charge on any atom is 0.189 e. The van der Waals surface area contributed by atoms with Gasteiger partial charge in [-0.3, -0.25) is 0 Å². The Hall–Kier alpha value is -0.830. The molecule has 0 amide bonds. The maximum atomic E-state index is 11.4. The Morgan fingerprint density at radius 1 is 1.27 bits per heavy atom. The summed E-state index contributed by atoms with van der Waals surface area (Å²) in [5.74, 6) is 0.477. The number of guanidine groups is 1. The van der Waals surface area contributed by atoms with Crippen LogP contribution in [-0.2, 0) is 22.1 Å². The number of aliphatic imine (C=N–C) groups is 1. The van der Waals surface area contributed by atoms with Gasteiger partial charge in [0.1, 0.15) is 0 Å². The van der Waals surface area contributed by atoms with E-state index in [9.17, 15) is 8.42 Å². The molecule has 0 heterocycles. The molecule has 0 bridgehead atoms. The van der Waals surface area contributed by atoms with Crippen LogP contribution in [-0.4, -0.2) is 26.7 Å². The number of hydrogen-bond acceptors (Lipinski definition) is 3. The van der Waals surface area contributed by atoms with Gasteiger partial charge in [0.05, 0.1) is 12.3 Å². The Morgan fingerprint density at radius 3 is 2.45 bits per heavy atom. The van der Waals surface area contributed by atoms with Crippen LogP contribution in [0.5, 0.6) is 0 Å². The maximum absolute atomic E-state index is 11.4. The first-order valence-corrected chi connectivity index (χ1v) is 9.31. The van der Waals surface area contributed by atoms with Gasteiger partial charge in [0.15, 0.2) is 15.8 Å². The fourth-order valence-corrected chi connectivity index (χ4v) is 3.48. The molecule has 1 saturated carbocycles. The molecular formula is C15H24IN3O2S. The molecule has 2 rings (SSSR count). The summed E-state index contributed by atoms with van der Waals surface area (Å²) in [6, 6.07) is 7.88. The normalized spacial score (nSPS) is 16.3. The molecule has 1 aliphatic carbocycles. The van der Waals surface area contributed by atoms with E-state index in [2.05, 4.69) is 10.3 Å². The van der Waals surface area contributed by atoms with Crippen LogP contribution in [0, 0.1) is 0 Å². The number of nitrogens with zero attached hydrogens (tertiary/aromatic N) is 1. The molecule has 1 aliphatic rings. The van der Waals surface area contributed by atoms with Gasteiger partial charge in [0.25, 0.3) is 0 Å². The molecule has 0 saturated heterocycles. The molecule has 22 heavy (non-hydrogen) atoms. The number of sulfone groups is 1. The van der Waals surface area contributed by atoms with E-state index in [1.54, 1.807) is 0 Å². The lowest BCUT2D eigenvalue weighted by Crippen LogP contribution is -2.38. The van der Waals surface area contributed by atoms with Crippen molar-refractivity contribution in [3.8, 4) is 0 Å². The SMILES string of the molecule is CS(=O)(=O)Cc1ccccc1CN=C(N)NC1CCCC1.I. The van der Waals surface area contributed by atoms with Crippen molar-refractivity contribution in [2.45, 2.75) is 44.0 Å². The molecule has 0 spiro atoms. The van der Waals surface area contributed by atoms with Gasteiger partial charge in [-0.25, -0.2) is 13.4 Å². The molecule has 3 N–H and O–H groups in total. The zero-order valence-electron chi connectivity index (χ0n) is 12.8. The molecule has 5 nitrogen and oxygen atoms in total. The van der Waals surface area contributed by atoms with Crippen LogP contribution < -0.4 is 11.1 Å². The fourth-order valence-electron chi connectivity index (χ4n) is 2.63. The monoisotopic (exact) mass is 437 g/mol. The molecule has 1 aromatic rings. The largest absolute Gasteiger partial charge is 0.370 e. The lowest BCUT2D eigenvalue weighted by molar-refractivity contribution is 0.601. The third kappa shape index (κ3) is 6.51. The lowest BCUT2D eigenvalue weighted by atomic mass is 10.1. The summed E-state index contributed by atoms with van der Waals surface area (Å²) < 4.78 is 22.9. The van der Waals surface area contributed by atoms with Crippen LogP contribution in [0.4, 0.5) is 0 Å². The minimum atomic E-state index is -3.05. The fraction of sp³-hybridized carbons (Fsp3) is 0.533. The van der Waals surface area contributed by atoms with Crippen molar-refractivity contribution in [1.82, 2.24) is 5.32 Å². The zero-order valence-corrected chi connectivity index (χ0v) is 15.9. The van der Waals surface area contributed by atoms with Crippen molar-refractivity contribution >= 4 is 39.8 Å². The number of nitrogens with one attached hydrogen (secondary N) is 1. The number of nitrogens with two attached hydrogens (primary N) is 1. The van der Waals surface area contributed by atoms with Gasteiger partial charge in [0.2, 0.25) is 0 Å². The van der Waals surface area contributed by atoms with E-state index < -0.39 is 9.84 Å².